The summed E-state index contributed by atoms with van der Waals surface area (Å²) in [4.78, 5) is 52.5. The highest BCUT2D eigenvalue weighted by atomic mass is 16.4. The number of carboxylic acid groups (broad SMARTS) is 1. The van der Waals surface area contributed by atoms with Gasteiger partial charge in [-0.1, -0.05) is 27.7 Å². The van der Waals surface area contributed by atoms with Gasteiger partial charge in [-0.3, -0.25) is 14.4 Å². The van der Waals surface area contributed by atoms with E-state index in [9.17, 15) is 29.4 Å². The van der Waals surface area contributed by atoms with Gasteiger partial charge in [-0.05, 0) is 24.7 Å². The van der Waals surface area contributed by atoms with Crippen LogP contribution in [0.2, 0.25) is 0 Å². The summed E-state index contributed by atoms with van der Waals surface area (Å²) in [6.45, 7) is 6.13. The third-order valence-corrected chi connectivity index (χ3v) is 5.51. The number of Topliss-reactive ketones (excluding diaryl/α,β-unsaturated/α-hetero) is 2. The Balaban J connectivity index is 3.61. The first-order chi connectivity index (χ1) is 13.3. The van der Waals surface area contributed by atoms with Crippen LogP contribution in [0.5, 0.6) is 0 Å². The van der Waals surface area contributed by atoms with Crippen LogP contribution in [-0.4, -0.2) is 75.4 Å². The number of aliphatic hydroxyl groups excluding tert-OH is 1. The second-order valence-corrected chi connectivity index (χ2v) is 8.46. The first kappa shape index (κ1) is 25.2. The second-order valence-electron chi connectivity index (χ2n) is 8.46. The van der Waals surface area contributed by atoms with E-state index < -0.39 is 59.6 Å². The van der Waals surface area contributed by atoms with Gasteiger partial charge in [-0.2, -0.15) is 0 Å². The quantitative estimate of drug-likeness (QED) is 0.264. The van der Waals surface area contributed by atoms with Gasteiger partial charge < -0.3 is 32.3 Å². The number of nitrogens with two attached hydrogens (primary N) is 3. The molecule has 0 aromatic heterocycles. The van der Waals surface area contributed by atoms with Crippen molar-refractivity contribution in [2.24, 2.45) is 35.0 Å². The standard InChI is InChI=1S/C19H34N4O6/c1-9(2)7-12(20)16(26)19(18(28)29)11(15(25)14(22)10(3)4)5-6-23(19)17(27)13(21)8-24/h9-14,24H,5-8,20-22H2,1-4H3,(H,28,29). The van der Waals surface area contributed by atoms with Crippen LogP contribution >= 0.6 is 0 Å². The zero-order valence-corrected chi connectivity index (χ0v) is 17.5. The Hall–Kier alpha value is -1.88. The molecule has 0 bridgehead atoms. The molecule has 1 aliphatic rings. The molecule has 166 valence electrons. The minimum Gasteiger partial charge on any atom is -0.479 e. The number of aliphatic hydroxyl groups is 1. The van der Waals surface area contributed by atoms with E-state index in [0.717, 1.165) is 4.90 Å². The van der Waals surface area contributed by atoms with Crippen LogP contribution in [0.3, 0.4) is 0 Å². The number of carbonyl (C=O) groups excluding carboxylic acids is 3. The van der Waals surface area contributed by atoms with Crippen molar-refractivity contribution in [1.82, 2.24) is 4.90 Å². The maximum Gasteiger partial charge on any atom is 0.338 e. The Bertz CT molecular complexity index is 653. The van der Waals surface area contributed by atoms with Crippen LogP contribution in [0.4, 0.5) is 0 Å². The van der Waals surface area contributed by atoms with Crippen molar-refractivity contribution in [3.63, 3.8) is 0 Å². The molecule has 0 saturated carbocycles. The number of hydrogen-bond acceptors (Lipinski definition) is 8. The molecule has 0 aliphatic carbocycles. The van der Waals surface area contributed by atoms with Crippen LogP contribution in [0.15, 0.2) is 0 Å². The molecule has 0 radical (unpaired) electrons. The average Bonchev–Trinajstić information content (AvgIpc) is 3.05. The molecule has 1 rings (SSSR count). The highest BCUT2D eigenvalue weighted by Crippen LogP contribution is 2.40. The van der Waals surface area contributed by atoms with Crippen molar-refractivity contribution < 1.29 is 29.4 Å². The van der Waals surface area contributed by atoms with Gasteiger partial charge in [-0.15, -0.1) is 0 Å². The lowest BCUT2D eigenvalue weighted by Gasteiger charge is -2.40. The van der Waals surface area contributed by atoms with E-state index in [1.807, 2.05) is 13.8 Å². The number of ketones is 2. The number of nitrogens with zero attached hydrogens (tertiary/aromatic N) is 1. The zero-order valence-electron chi connectivity index (χ0n) is 17.5. The highest BCUT2D eigenvalue weighted by molar-refractivity contribution is 6.17. The minimum atomic E-state index is -2.50. The summed E-state index contributed by atoms with van der Waals surface area (Å²) < 4.78 is 0. The molecule has 1 heterocycles. The molecule has 10 heteroatoms. The molecule has 5 unspecified atom stereocenters. The molecular weight excluding hydrogens is 380 g/mol. The molecule has 0 aromatic carbocycles. The maximum absolute atomic E-state index is 13.4. The summed E-state index contributed by atoms with van der Waals surface area (Å²) in [6.07, 6.45) is 0.120. The number of aliphatic carboxylic acids is 1. The molecule has 8 N–H and O–H groups in total. The lowest BCUT2D eigenvalue weighted by atomic mass is 9.72. The third kappa shape index (κ3) is 4.66. The molecule has 1 aliphatic heterocycles. The van der Waals surface area contributed by atoms with E-state index in [1.165, 1.54) is 0 Å². The van der Waals surface area contributed by atoms with Crippen LogP contribution in [0.25, 0.3) is 0 Å². The molecule has 1 fully saturated rings. The average molecular weight is 415 g/mol. The lowest BCUT2D eigenvalue weighted by Crippen LogP contribution is -2.69. The van der Waals surface area contributed by atoms with Crippen LogP contribution in [-0.2, 0) is 19.2 Å². The lowest BCUT2D eigenvalue weighted by molar-refractivity contribution is -0.167. The normalized spacial score (nSPS) is 25.2. The fraction of sp³-hybridized carbons (Fsp3) is 0.789. The van der Waals surface area contributed by atoms with Gasteiger partial charge in [0, 0.05) is 6.54 Å². The predicted octanol–water partition coefficient (Wildman–Crippen LogP) is -1.53. The highest BCUT2D eigenvalue weighted by Gasteiger charge is 2.65. The van der Waals surface area contributed by atoms with Crippen molar-refractivity contribution in [3.05, 3.63) is 0 Å². The van der Waals surface area contributed by atoms with Crippen molar-refractivity contribution >= 4 is 23.4 Å². The summed E-state index contributed by atoms with van der Waals surface area (Å²) in [7, 11) is 0. The number of likely N-dealkylation sites (tertiary alicyclic amines) is 1. The van der Waals surface area contributed by atoms with Crippen molar-refractivity contribution in [2.45, 2.75) is 64.2 Å². The first-order valence-corrected chi connectivity index (χ1v) is 9.84. The molecule has 1 amide bonds. The van der Waals surface area contributed by atoms with E-state index in [-0.39, 0.29) is 31.2 Å². The van der Waals surface area contributed by atoms with Gasteiger partial charge in [-0.25, -0.2) is 4.79 Å². The Morgan fingerprint density at radius 1 is 1.07 bits per heavy atom. The van der Waals surface area contributed by atoms with E-state index in [2.05, 4.69) is 0 Å². The minimum absolute atomic E-state index is 0.0166. The Labute approximate surface area is 170 Å². The molecule has 10 nitrogen and oxygen atoms in total. The van der Waals surface area contributed by atoms with Crippen molar-refractivity contribution in [1.29, 1.82) is 0 Å². The largest absolute Gasteiger partial charge is 0.479 e. The number of rotatable bonds is 10. The van der Waals surface area contributed by atoms with Crippen LogP contribution in [0.1, 0.15) is 40.5 Å². The van der Waals surface area contributed by atoms with E-state index >= 15 is 0 Å². The van der Waals surface area contributed by atoms with Gasteiger partial charge in [0.25, 0.3) is 0 Å². The van der Waals surface area contributed by atoms with Gasteiger partial charge in [0.1, 0.15) is 6.04 Å². The number of hydrogen-bond donors (Lipinski definition) is 5. The van der Waals surface area contributed by atoms with Gasteiger partial charge in [0.2, 0.25) is 11.4 Å². The first-order valence-electron chi connectivity index (χ1n) is 9.84. The smallest absolute Gasteiger partial charge is 0.338 e. The fourth-order valence-corrected chi connectivity index (χ4v) is 3.87. The summed E-state index contributed by atoms with van der Waals surface area (Å²) in [5, 5.41) is 19.4. The van der Waals surface area contributed by atoms with E-state index in [0.29, 0.717) is 0 Å². The van der Waals surface area contributed by atoms with E-state index in [1.54, 1.807) is 13.8 Å². The van der Waals surface area contributed by atoms with Crippen LogP contribution in [0, 0.1) is 17.8 Å². The molecular formula is C19H34N4O6. The maximum atomic E-state index is 13.4. The van der Waals surface area contributed by atoms with Crippen LogP contribution < -0.4 is 17.2 Å². The number of amides is 1. The zero-order chi connectivity index (χ0) is 22.7. The van der Waals surface area contributed by atoms with Crippen molar-refractivity contribution in [3.8, 4) is 0 Å². The fourth-order valence-electron chi connectivity index (χ4n) is 3.87. The Morgan fingerprint density at radius 3 is 2.03 bits per heavy atom. The SMILES string of the molecule is CC(C)CC(N)C(=O)C1(C(=O)O)C(C(=O)C(N)C(C)C)CCN1C(=O)C(N)CO. The van der Waals surface area contributed by atoms with Crippen molar-refractivity contribution in [2.75, 3.05) is 13.2 Å². The topological polar surface area (TPSA) is 190 Å². The predicted molar refractivity (Wildman–Crippen MR) is 106 cm³/mol. The summed E-state index contributed by atoms with van der Waals surface area (Å²) >= 11 is 0. The molecule has 0 spiro atoms. The summed E-state index contributed by atoms with van der Waals surface area (Å²) in [5.41, 5.74) is 15.1. The Morgan fingerprint density at radius 2 is 1.62 bits per heavy atom. The number of carboxylic acids is 1. The van der Waals surface area contributed by atoms with Gasteiger partial charge >= 0.3 is 5.97 Å². The summed E-state index contributed by atoms with van der Waals surface area (Å²) in [5.74, 6) is -5.77. The summed E-state index contributed by atoms with van der Waals surface area (Å²) in [6, 6.07) is -3.62. The monoisotopic (exact) mass is 414 g/mol. The van der Waals surface area contributed by atoms with Gasteiger partial charge in [0.05, 0.1) is 24.6 Å². The molecule has 29 heavy (non-hydrogen) atoms. The number of carbonyl (C=O) groups is 4. The molecule has 1 saturated heterocycles. The van der Waals surface area contributed by atoms with Gasteiger partial charge in [0.15, 0.2) is 11.6 Å². The second kappa shape index (κ2) is 9.75. The van der Waals surface area contributed by atoms with E-state index in [4.69, 9.17) is 17.2 Å². The molecule has 5 atom stereocenters. The third-order valence-electron chi connectivity index (χ3n) is 5.51. The molecule has 0 aromatic rings. The Kier molecular flexibility index (Phi) is 8.46.